The highest BCUT2D eigenvalue weighted by Crippen LogP contribution is 2.33. The van der Waals surface area contributed by atoms with E-state index in [0.717, 1.165) is 80.6 Å². The lowest BCUT2D eigenvalue weighted by atomic mass is 9.99. The van der Waals surface area contributed by atoms with Gasteiger partial charge in [0, 0.05) is 58.5 Å². The quantitative estimate of drug-likeness (QED) is 0.109. The Morgan fingerprint density at radius 2 is 1.00 bits per heavy atom. The van der Waals surface area contributed by atoms with Crippen LogP contribution in [-0.2, 0) is 9.59 Å². The number of aliphatic hydroxyl groups excluding tert-OH is 2. The summed E-state index contributed by atoms with van der Waals surface area (Å²) in [5.74, 6) is 1.65. The zero-order valence-electron chi connectivity index (χ0n) is 31.1. The fourth-order valence-electron chi connectivity index (χ4n) is 6.45. The number of nitrogens with one attached hydrogen (secondary N) is 2. The van der Waals surface area contributed by atoms with Crippen molar-refractivity contribution >= 4 is 45.0 Å². The lowest BCUT2D eigenvalue weighted by Gasteiger charge is -2.12. The van der Waals surface area contributed by atoms with E-state index in [1.54, 1.807) is 12.4 Å². The van der Waals surface area contributed by atoms with Crippen LogP contribution in [-0.4, -0.2) is 42.0 Å². The third-order valence-corrected chi connectivity index (χ3v) is 10.2. The molecule has 2 amide bonds. The van der Waals surface area contributed by atoms with Crippen molar-refractivity contribution in [2.45, 2.75) is 85.9 Å². The summed E-state index contributed by atoms with van der Waals surface area (Å²) in [6.07, 6.45) is 11.4. The second-order valence-corrected chi connectivity index (χ2v) is 14.5. The SMILES string of the molecule is C.CC[C@@H](O)c1cc(C)c(-c2ccc3cc(NC(=O)C4CC4)ncc3c2)cn1.CC[C@H](O)c1cc(C)c(-c2ccc3cc(NC(=O)C4CC4)ncc3c2)cn1. The highest BCUT2D eigenvalue weighted by Gasteiger charge is 2.30. The Hall–Kier alpha value is -5.58. The predicted molar refractivity (Wildman–Crippen MR) is 219 cm³/mol. The van der Waals surface area contributed by atoms with Crippen LogP contribution in [0.25, 0.3) is 43.8 Å². The van der Waals surface area contributed by atoms with Gasteiger partial charge < -0.3 is 20.8 Å². The van der Waals surface area contributed by atoms with Gasteiger partial charge in [0.05, 0.1) is 23.6 Å². The summed E-state index contributed by atoms with van der Waals surface area (Å²) in [4.78, 5) is 41.4. The number of carbonyl (C=O) groups is 2. The molecule has 2 aliphatic rings. The van der Waals surface area contributed by atoms with E-state index in [-0.39, 0.29) is 31.1 Å². The molecular weight excluding hydrogens is 689 g/mol. The van der Waals surface area contributed by atoms with Gasteiger partial charge in [0.2, 0.25) is 11.8 Å². The smallest absolute Gasteiger partial charge is 0.228 e. The average Bonchev–Trinajstić information content (AvgIpc) is 4.11. The number of aliphatic hydroxyl groups is 2. The highest BCUT2D eigenvalue weighted by atomic mass is 16.3. The van der Waals surface area contributed by atoms with Crippen LogP contribution in [0.2, 0.25) is 0 Å². The molecule has 0 saturated heterocycles. The van der Waals surface area contributed by atoms with Gasteiger partial charge >= 0.3 is 0 Å². The molecule has 2 atom stereocenters. The second kappa shape index (κ2) is 16.8. The third kappa shape index (κ3) is 9.21. The summed E-state index contributed by atoms with van der Waals surface area (Å²) in [5.41, 5.74) is 7.75. The Morgan fingerprint density at radius 1 is 0.600 bits per heavy atom. The van der Waals surface area contributed by atoms with Crippen LogP contribution < -0.4 is 10.6 Å². The van der Waals surface area contributed by atoms with E-state index in [2.05, 4.69) is 54.8 Å². The number of nitrogens with zero attached hydrogens (tertiary/aromatic N) is 4. The largest absolute Gasteiger partial charge is 0.387 e. The summed E-state index contributed by atoms with van der Waals surface area (Å²) >= 11 is 0. The predicted octanol–water partition coefficient (Wildman–Crippen LogP) is 9.43. The van der Waals surface area contributed by atoms with Gasteiger partial charge in [0.15, 0.2) is 0 Å². The van der Waals surface area contributed by atoms with Gasteiger partial charge in [-0.1, -0.05) is 45.5 Å². The molecule has 0 radical (unpaired) electrons. The van der Waals surface area contributed by atoms with E-state index in [1.807, 2.05) is 76.5 Å². The van der Waals surface area contributed by atoms with Crippen LogP contribution in [0.5, 0.6) is 0 Å². The molecule has 0 bridgehead atoms. The molecule has 2 fully saturated rings. The maximum atomic E-state index is 11.9. The van der Waals surface area contributed by atoms with E-state index < -0.39 is 12.2 Å². The normalized spacial score (nSPS) is 14.7. The van der Waals surface area contributed by atoms with Gasteiger partial charge in [-0.05, 0) is 122 Å². The van der Waals surface area contributed by atoms with E-state index >= 15 is 0 Å². The van der Waals surface area contributed by atoms with Crippen molar-refractivity contribution in [1.29, 1.82) is 0 Å². The van der Waals surface area contributed by atoms with Crippen LogP contribution in [0.15, 0.2) is 85.5 Å². The van der Waals surface area contributed by atoms with Gasteiger partial charge in [0.1, 0.15) is 11.6 Å². The molecule has 2 saturated carbocycles. The minimum Gasteiger partial charge on any atom is -0.387 e. The zero-order valence-corrected chi connectivity index (χ0v) is 31.1. The number of pyridine rings is 4. The van der Waals surface area contributed by atoms with Crippen molar-refractivity contribution in [3.05, 3.63) is 108 Å². The molecular formula is C45H50N6O4. The number of amides is 2. The molecule has 6 aromatic rings. The lowest BCUT2D eigenvalue weighted by molar-refractivity contribution is -0.118. The molecule has 0 aliphatic heterocycles. The van der Waals surface area contributed by atoms with Crippen molar-refractivity contribution in [2.24, 2.45) is 11.8 Å². The topological polar surface area (TPSA) is 150 Å². The molecule has 2 aliphatic carbocycles. The molecule has 4 heterocycles. The highest BCUT2D eigenvalue weighted by molar-refractivity contribution is 5.97. The van der Waals surface area contributed by atoms with Crippen LogP contribution in [0.1, 0.15) is 94.5 Å². The molecule has 0 unspecified atom stereocenters. The fraction of sp³-hybridized carbons (Fsp3) is 0.333. The van der Waals surface area contributed by atoms with Crippen LogP contribution in [0, 0.1) is 25.7 Å². The molecule has 10 heteroatoms. The Morgan fingerprint density at radius 3 is 1.35 bits per heavy atom. The second-order valence-electron chi connectivity index (χ2n) is 14.5. The molecule has 0 spiro atoms. The van der Waals surface area contributed by atoms with Crippen LogP contribution in [0.4, 0.5) is 11.6 Å². The van der Waals surface area contributed by atoms with E-state index in [0.29, 0.717) is 35.9 Å². The van der Waals surface area contributed by atoms with E-state index in [4.69, 9.17) is 0 Å². The summed E-state index contributed by atoms with van der Waals surface area (Å²) in [7, 11) is 0. The molecule has 4 aromatic heterocycles. The average molecular weight is 739 g/mol. The number of aromatic nitrogens is 4. The standard InChI is InChI=1S/2C22H23N3O2.CH4/c2*1-3-20(26)19-8-13(2)18(12-23-19)16-7-6-15-10-21(24-11-17(15)9-16)25-22(27)14-4-5-14;/h2*6-12,14,20,26H,3-5H2,1-2H3,(H,24,25,27);1H4/t2*20-;/m10./s1. The summed E-state index contributed by atoms with van der Waals surface area (Å²) in [6.45, 7) is 7.93. The summed E-state index contributed by atoms with van der Waals surface area (Å²) < 4.78 is 0. The number of fused-ring (bicyclic) bond motifs is 2. The number of rotatable bonds is 10. The maximum absolute atomic E-state index is 11.9. The maximum Gasteiger partial charge on any atom is 0.228 e. The zero-order chi connectivity index (χ0) is 37.9. The van der Waals surface area contributed by atoms with Crippen molar-refractivity contribution in [3.63, 3.8) is 0 Å². The molecule has 4 N–H and O–H groups in total. The van der Waals surface area contributed by atoms with Gasteiger partial charge in [-0.25, -0.2) is 9.97 Å². The summed E-state index contributed by atoms with van der Waals surface area (Å²) in [6, 6.07) is 20.0. The van der Waals surface area contributed by atoms with Gasteiger partial charge in [-0.3, -0.25) is 19.6 Å². The number of benzene rings is 2. The molecule has 8 rings (SSSR count). The van der Waals surface area contributed by atoms with Crippen molar-refractivity contribution in [3.8, 4) is 22.3 Å². The third-order valence-electron chi connectivity index (χ3n) is 10.2. The van der Waals surface area contributed by atoms with Crippen LogP contribution in [0.3, 0.4) is 0 Å². The lowest BCUT2D eigenvalue weighted by Crippen LogP contribution is -2.14. The van der Waals surface area contributed by atoms with Crippen LogP contribution >= 0.6 is 0 Å². The number of aryl methyl sites for hydroxylation is 2. The Bertz CT molecular complexity index is 2190. The van der Waals surface area contributed by atoms with E-state index in [1.165, 1.54) is 0 Å². The van der Waals surface area contributed by atoms with Crippen molar-refractivity contribution < 1.29 is 19.8 Å². The molecule has 284 valence electrons. The Kier molecular flexibility index (Phi) is 12.0. The monoisotopic (exact) mass is 738 g/mol. The number of carbonyl (C=O) groups excluding carboxylic acids is 2. The minimum atomic E-state index is -0.525. The molecule has 55 heavy (non-hydrogen) atoms. The molecule has 10 nitrogen and oxygen atoms in total. The first-order valence-corrected chi connectivity index (χ1v) is 18.8. The Balaban J connectivity index is 0.000000184. The van der Waals surface area contributed by atoms with Gasteiger partial charge in [-0.15, -0.1) is 0 Å². The first-order valence-electron chi connectivity index (χ1n) is 18.8. The minimum absolute atomic E-state index is 0. The van der Waals surface area contributed by atoms with Gasteiger partial charge in [-0.2, -0.15) is 0 Å². The molecule has 2 aromatic carbocycles. The first-order chi connectivity index (χ1) is 26.1. The van der Waals surface area contributed by atoms with E-state index in [9.17, 15) is 19.8 Å². The van der Waals surface area contributed by atoms with Gasteiger partial charge in [0.25, 0.3) is 0 Å². The van der Waals surface area contributed by atoms with Crippen molar-refractivity contribution in [2.75, 3.05) is 10.6 Å². The van der Waals surface area contributed by atoms with Crippen molar-refractivity contribution in [1.82, 2.24) is 19.9 Å². The number of hydrogen-bond donors (Lipinski definition) is 4. The first kappa shape index (κ1) is 39.1. The fourth-order valence-corrected chi connectivity index (χ4v) is 6.45. The Labute approximate surface area is 322 Å². The number of hydrogen-bond acceptors (Lipinski definition) is 8. The summed E-state index contributed by atoms with van der Waals surface area (Å²) in [5, 5.41) is 29.8. The number of anilines is 2.